The average molecular weight is 444 g/mol. The fourth-order valence-electron chi connectivity index (χ4n) is 2.66. The zero-order valence-corrected chi connectivity index (χ0v) is 18.4. The third-order valence-corrected chi connectivity index (χ3v) is 5.64. The highest BCUT2D eigenvalue weighted by atomic mass is 32.2. The van der Waals surface area contributed by atoms with Gasteiger partial charge in [-0.15, -0.1) is 23.1 Å². The molecule has 2 aromatic carbocycles. The number of anilines is 2. The number of thiazole rings is 1. The minimum atomic E-state index is -0.324. The number of thioether (sulfide) groups is 1. The topological polar surface area (TPSA) is 89.5 Å². The number of methoxy groups -OCH3 is 2. The Morgan fingerprint density at radius 2 is 1.87 bits per heavy atom. The Balaban J connectivity index is 1.60. The number of carbonyl (C=O) groups excluding carboxylic acids is 2. The van der Waals surface area contributed by atoms with Gasteiger partial charge in [-0.3, -0.25) is 14.9 Å². The van der Waals surface area contributed by atoms with Gasteiger partial charge in [0.25, 0.3) is 5.91 Å². The lowest BCUT2D eigenvalue weighted by atomic mass is 10.2. The molecule has 0 fully saturated rings. The van der Waals surface area contributed by atoms with Crippen LogP contribution < -0.4 is 20.1 Å². The quantitative estimate of drug-likeness (QED) is 0.504. The molecule has 0 saturated carbocycles. The third kappa shape index (κ3) is 5.52. The number of nitrogens with one attached hydrogen (secondary N) is 2. The summed E-state index contributed by atoms with van der Waals surface area (Å²) in [6, 6.07) is 12.5. The van der Waals surface area contributed by atoms with Crippen LogP contribution in [-0.4, -0.2) is 37.3 Å². The molecule has 1 aromatic heterocycles. The summed E-state index contributed by atoms with van der Waals surface area (Å²) < 4.78 is 10.4. The van der Waals surface area contributed by atoms with E-state index in [4.69, 9.17) is 9.47 Å². The number of rotatable bonds is 8. The van der Waals surface area contributed by atoms with E-state index < -0.39 is 0 Å². The Morgan fingerprint density at radius 3 is 2.60 bits per heavy atom. The predicted molar refractivity (Wildman–Crippen MR) is 120 cm³/mol. The number of hydrogen-bond donors (Lipinski definition) is 2. The van der Waals surface area contributed by atoms with Crippen molar-refractivity contribution < 1.29 is 19.1 Å². The molecule has 9 heteroatoms. The lowest BCUT2D eigenvalue weighted by Gasteiger charge is -2.09. The van der Waals surface area contributed by atoms with Crippen molar-refractivity contribution in [1.29, 1.82) is 0 Å². The number of ether oxygens (including phenoxy) is 2. The van der Waals surface area contributed by atoms with Gasteiger partial charge in [-0.1, -0.05) is 6.07 Å². The van der Waals surface area contributed by atoms with Crippen molar-refractivity contribution in [3.8, 4) is 11.5 Å². The second-order valence-corrected chi connectivity index (χ2v) is 7.86. The maximum absolute atomic E-state index is 12.5. The van der Waals surface area contributed by atoms with Gasteiger partial charge < -0.3 is 14.8 Å². The molecule has 2 amide bonds. The van der Waals surface area contributed by atoms with Crippen LogP contribution in [-0.2, 0) is 11.2 Å². The Hall–Kier alpha value is -3.04. The Labute approximate surface area is 182 Å². The van der Waals surface area contributed by atoms with Crippen LogP contribution in [0, 0.1) is 0 Å². The second kappa shape index (κ2) is 10.1. The minimum Gasteiger partial charge on any atom is -0.493 e. The highest BCUT2D eigenvalue weighted by Gasteiger charge is 2.14. The highest BCUT2D eigenvalue weighted by Crippen LogP contribution is 2.28. The van der Waals surface area contributed by atoms with Crippen molar-refractivity contribution in [2.75, 3.05) is 31.1 Å². The van der Waals surface area contributed by atoms with Crippen molar-refractivity contribution in [1.82, 2.24) is 4.98 Å². The van der Waals surface area contributed by atoms with Gasteiger partial charge in [-0.2, -0.15) is 0 Å². The van der Waals surface area contributed by atoms with Gasteiger partial charge in [0.15, 0.2) is 16.6 Å². The molecule has 7 nitrogen and oxygen atoms in total. The van der Waals surface area contributed by atoms with Gasteiger partial charge in [0.2, 0.25) is 5.91 Å². The van der Waals surface area contributed by atoms with Crippen LogP contribution in [0.4, 0.5) is 10.8 Å². The van der Waals surface area contributed by atoms with Gasteiger partial charge in [0.1, 0.15) is 0 Å². The summed E-state index contributed by atoms with van der Waals surface area (Å²) >= 11 is 2.87. The zero-order chi connectivity index (χ0) is 21.5. The monoisotopic (exact) mass is 443 g/mol. The van der Waals surface area contributed by atoms with Gasteiger partial charge in [-0.05, 0) is 42.7 Å². The average Bonchev–Trinajstić information content (AvgIpc) is 3.19. The number of carbonyl (C=O) groups is 2. The summed E-state index contributed by atoms with van der Waals surface area (Å²) in [5, 5.41) is 7.78. The minimum absolute atomic E-state index is 0.117. The van der Waals surface area contributed by atoms with Crippen LogP contribution in [0.25, 0.3) is 0 Å². The number of amides is 2. The van der Waals surface area contributed by atoms with Crippen LogP contribution in [0.3, 0.4) is 0 Å². The molecular formula is C21H21N3O4S2. The first-order chi connectivity index (χ1) is 14.5. The van der Waals surface area contributed by atoms with Gasteiger partial charge >= 0.3 is 0 Å². The van der Waals surface area contributed by atoms with Crippen molar-refractivity contribution in [3.63, 3.8) is 0 Å². The third-order valence-electron chi connectivity index (χ3n) is 4.11. The summed E-state index contributed by atoms with van der Waals surface area (Å²) in [7, 11) is 3.04. The molecule has 0 aliphatic carbocycles. The molecule has 0 aliphatic heterocycles. The molecule has 3 aromatic rings. The number of nitrogens with zero attached hydrogens (tertiary/aromatic N) is 1. The first-order valence-electron chi connectivity index (χ1n) is 8.94. The number of hydrogen-bond acceptors (Lipinski definition) is 7. The predicted octanol–water partition coefficient (Wildman–Crippen LogP) is 4.32. The molecule has 3 rings (SSSR count). The van der Waals surface area contributed by atoms with Crippen LogP contribution in [0.5, 0.6) is 11.5 Å². The zero-order valence-electron chi connectivity index (χ0n) is 16.7. The van der Waals surface area contributed by atoms with Gasteiger partial charge in [0, 0.05) is 21.5 Å². The van der Waals surface area contributed by atoms with Crippen LogP contribution in [0.2, 0.25) is 0 Å². The fraction of sp³-hybridized carbons (Fsp3) is 0.190. The molecular weight excluding hydrogens is 422 g/mol. The molecule has 30 heavy (non-hydrogen) atoms. The van der Waals surface area contributed by atoms with Crippen molar-refractivity contribution in [2.45, 2.75) is 11.3 Å². The van der Waals surface area contributed by atoms with E-state index in [1.165, 1.54) is 25.6 Å². The van der Waals surface area contributed by atoms with Gasteiger partial charge in [0.05, 0.1) is 26.3 Å². The van der Waals surface area contributed by atoms with E-state index in [0.717, 1.165) is 10.6 Å². The van der Waals surface area contributed by atoms with E-state index in [2.05, 4.69) is 15.6 Å². The molecule has 156 valence electrons. The second-order valence-electron chi connectivity index (χ2n) is 6.12. The highest BCUT2D eigenvalue weighted by molar-refractivity contribution is 7.98. The molecule has 0 bridgehead atoms. The first kappa shape index (κ1) is 21.7. The van der Waals surface area contributed by atoms with Crippen LogP contribution >= 0.6 is 23.1 Å². The van der Waals surface area contributed by atoms with Gasteiger partial charge in [-0.25, -0.2) is 4.98 Å². The maximum atomic E-state index is 12.5. The summed E-state index contributed by atoms with van der Waals surface area (Å²) in [4.78, 5) is 30.2. The van der Waals surface area contributed by atoms with Crippen LogP contribution in [0.15, 0.2) is 52.7 Å². The summed E-state index contributed by atoms with van der Waals surface area (Å²) in [6.45, 7) is 0. The number of benzene rings is 2. The molecule has 0 unspecified atom stereocenters. The Bertz CT molecular complexity index is 1050. The largest absolute Gasteiger partial charge is 0.493 e. The summed E-state index contributed by atoms with van der Waals surface area (Å²) in [5.41, 5.74) is 1.74. The van der Waals surface area contributed by atoms with Crippen LogP contribution in [0.1, 0.15) is 16.1 Å². The van der Waals surface area contributed by atoms with E-state index in [1.54, 1.807) is 35.3 Å². The summed E-state index contributed by atoms with van der Waals surface area (Å²) in [6.07, 6.45) is 2.10. The molecule has 0 aliphatic rings. The lowest BCUT2D eigenvalue weighted by Crippen LogP contribution is -2.15. The Kier molecular flexibility index (Phi) is 7.31. The molecule has 0 atom stereocenters. The standard InChI is InChI=1S/C21H21N3O4S2/c1-27-17-8-7-13(9-18(17)28-2)20(26)24-21-23-15(12-30-21)11-19(25)22-14-5-4-6-16(10-14)29-3/h4-10,12H,11H2,1-3H3,(H,22,25)(H,23,24,26). The van der Waals surface area contributed by atoms with Crippen molar-refractivity contribution >= 4 is 45.7 Å². The molecule has 1 heterocycles. The molecule has 2 N–H and O–H groups in total. The SMILES string of the molecule is COc1ccc(C(=O)Nc2nc(CC(=O)Nc3cccc(SC)c3)cs2)cc1OC. The molecule has 0 radical (unpaired) electrons. The van der Waals surface area contributed by atoms with Crippen molar-refractivity contribution in [2.24, 2.45) is 0 Å². The number of aromatic nitrogens is 1. The Morgan fingerprint density at radius 1 is 1.07 bits per heavy atom. The first-order valence-corrected chi connectivity index (χ1v) is 11.0. The molecule has 0 saturated heterocycles. The van der Waals surface area contributed by atoms with E-state index in [0.29, 0.717) is 27.9 Å². The van der Waals surface area contributed by atoms with Crippen molar-refractivity contribution in [3.05, 3.63) is 59.1 Å². The summed E-state index contributed by atoms with van der Waals surface area (Å²) in [5.74, 6) is 0.512. The smallest absolute Gasteiger partial charge is 0.257 e. The van der Waals surface area contributed by atoms with E-state index in [9.17, 15) is 9.59 Å². The van der Waals surface area contributed by atoms with E-state index in [-0.39, 0.29) is 18.2 Å². The van der Waals surface area contributed by atoms with E-state index in [1.807, 2.05) is 30.5 Å². The van der Waals surface area contributed by atoms with E-state index >= 15 is 0 Å². The lowest BCUT2D eigenvalue weighted by molar-refractivity contribution is -0.115. The molecule has 0 spiro atoms. The maximum Gasteiger partial charge on any atom is 0.257 e. The normalized spacial score (nSPS) is 10.4. The fourth-order valence-corrected chi connectivity index (χ4v) is 3.83.